The Balaban J connectivity index is 2.30. The first-order chi connectivity index (χ1) is 13.7. The molecule has 2 aliphatic carbocycles. The third-order valence-electron chi connectivity index (χ3n) is 8.29. The van der Waals surface area contributed by atoms with Gasteiger partial charge in [0.2, 0.25) is 0 Å². The minimum absolute atomic E-state index is 0.475. The lowest BCUT2D eigenvalue weighted by Gasteiger charge is -2.40. The maximum absolute atomic E-state index is 5.41. The third kappa shape index (κ3) is 6.17. The molecule has 2 rings (SSSR count). The summed E-state index contributed by atoms with van der Waals surface area (Å²) in [6.45, 7) is 21.2. The summed E-state index contributed by atoms with van der Waals surface area (Å²) in [5.41, 5.74) is 2.41. The number of hydrogen-bond acceptors (Lipinski definition) is 2. The van der Waals surface area contributed by atoms with Crippen LogP contribution in [-0.2, 0) is 0 Å². The molecule has 168 valence electrons. The van der Waals surface area contributed by atoms with Crippen molar-refractivity contribution in [2.45, 2.75) is 119 Å². The van der Waals surface area contributed by atoms with Crippen LogP contribution in [0, 0.1) is 41.4 Å². The van der Waals surface area contributed by atoms with Crippen molar-refractivity contribution in [3.05, 3.63) is 0 Å². The van der Waals surface area contributed by atoms with E-state index >= 15 is 0 Å². The van der Waals surface area contributed by atoms with Gasteiger partial charge in [-0.1, -0.05) is 67.7 Å². The van der Waals surface area contributed by atoms with Crippen molar-refractivity contribution in [2.75, 3.05) is 0 Å². The molecule has 0 aromatic heterocycles. The highest BCUT2D eigenvalue weighted by Gasteiger charge is 2.37. The summed E-state index contributed by atoms with van der Waals surface area (Å²) in [7, 11) is 0. The summed E-state index contributed by atoms with van der Waals surface area (Å²) in [5.74, 6) is 5.07. The average Bonchev–Trinajstić information content (AvgIpc) is 2.67. The van der Waals surface area contributed by atoms with E-state index in [1.807, 2.05) is 0 Å². The molecule has 2 nitrogen and oxygen atoms in total. The van der Waals surface area contributed by atoms with Crippen LogP contribution < -0.4 is 0 Å². The molecule has 0 aliphatic heterocycles. The van der Waals surface area contributed by atoms with Gasteiger partial charge in [0.05, 0.1) is 23.5 Å². The van der Waals surface area contributed by atoms with Crippen molar-refractivity contribution >= 4 is 11.4 Å². The molecule has 0 radical (unpaired) electrons. The fraction of sp³-hybridized carbons (Fsp3) is 0.926. The summed E-state index contributed by atoms with van der Waals surface area (Å²) < 4.78 is 0. The molecule has 0 heterocycles. The van der Waals surface area contributed by atoms with E-state index in [1.54, 1.807) is 0 Å². The van der Waals surface area contributed by atoms with Gasteiger partial charge in [-0.25, -0.2) is 0 Å². The first kappa shape index (κ1) is 24.6. The highest BCUT2D eigenvalue weighted by atomic mass is 14.9. The smallest absolute Gasteiger partial charge is 0.0564 e. The second kappa shape index (κ2) is 11.1. The van der Waals surface area contributed by atoms with E-state index in [0.717, 1.165) is 29.6 Å². The van der Waals surface area contributed by atoms with Crippen LogP contribution in [0.5, 0.6) is 0 Å². The molecule has 0 aromatic rings. The Morgan fingerprint density at radius 2 is 1.03 bits per heavy atom. The van der Waals surface area contributed by atoms with Crippen LogP contribution in [0.4, 0.5) is 0 Å². The van der Waals surface area contributed by atoms with Gasteiger partial charge in [0.15, 0.2) is 0 Å². The highest BCUT2D eigenvalue weighted by molar-refractivity contribution is 6.40. The molecule has 2 saturated carbocycles. The summed E-state index contributed by atoms with van der Waals surface area (Å²) in [6.07, 6.45) is 9.40. The summed E-state index contributed by atoms with van der Waals surface area (Å²) in [6, 6.07) is 0.968. The predicted molar refractivity (Wildman–Crippen MR) is 130 cm³/mol. The quantitative estimate of drug-likeness (QED) is 0.387. The summed E-state index contributed by atoms with van der Waals surface area (Å²) >= 11 is 0. The normalized spacial score (nSPS) is 35.0. The molecule has 0 amide bonds. The molecule has 0 spiro atoms. The Bertz CT molecular complexity index is 541. The standard InChI is InChI=1S/C27H50N2/c1-10-22-13-11-14-23(17(2)3)26(22)28-20(8)21(9)29-27-24(18(4)5)15-12-16-25(27)19(6)7/h17-19,22-27H,10-16H2,1-9H3. The van der Waals surface area contributed by atoms with Crippen molar-refractivity contribution in [2.24, 2.45) is 51.4 Å². The zero-order valence-electron chi connectivity index (χ0n) is 21.0. The molecule has 29 heavy (non-hydrogen) atoms. The molecule has 0 saturated heterocycles. The molecule has 5 atom stereocenters. The molecular formula is C27H50N2. The zero-order valence-corrected chi connectivity index (χ0v) is 21.0. The van der Waals surface area contributed by atoms with Crippen molar-refractivity contribution in [1.82, 2.24) is 0 Å². The van der Waals surface area contributed by atoms with Crippen LogP contribution >= 0.6 is 0 Å². The third-order valence-corrected chi connectivity index (χ3v) is 8.29. The Hall–Kier alpha value is -0.660. The van der Waals surface area contributed by atoms with Crippen molar-refractivity contribution < 1.29 is 0 Å². The van der Waals surface area contributed by atoms with E-state index in [1.165, 1.54) is 56.4 Å². The first-order valence-electron chi connectivity index (χ1n) is 12.8. The Morgan fingerprint density at radius 3 is 1.45 bits per heavy atom. The molecule has 0 aromatic carbocycles. The predicted octanol–water partition coefficient (Wildman–Crippen LogP) is 7.86. The Kier molecular flexibility index (Phi) is 9.42. The minimum Gasteiger partial charge on any atom is -0.284 e. The van der Waals surface area contributed by atoms with Crippen LogP contribution in [0.15, 0.2) is 9.98 Å². The van der Waals surface area contributed by atoms with E-state index in [2.05, 4.69) is 62.3 Å². The van der Waals surface area contributed by atoms with Crippen LogP contribution in [0.3, 0.4) is 0 Å². The fourth-order valence-electron chi connectivity index (χ4n) is 6.21. The first-order valence-corrected chi connectivity index (χ1v) is 12.8. The van der Waals surface area contributed by atoms with Gasteiger partial charge in [-0.3, -0.25) is 9.98 Å². The van der Waals surface area contributed by atoms with Gasteiger partial charge in [0.1, 0.15) is 0 Å². The topological polar surface area (TPSA) is 24.7 Å². The molecule has 5 unspecified atom stereocenters. The number of rotatable bonds is 7. The van der Waals surface area contributed by atoms with Crippen molar-refractivity contribution in [3.8, 4) is 0 Å². The molecule has 0 bridgehead atoms. The van der Waals surface area contributed by atoms with E-state index in [-0.39, 0.29) is 0 Å². The minimum atomic E-state index is 0.475. The lowest BCUT2D eigenvalue weighted by molar-refractivity contribution is 0.143. The van der Waals surface area contributed by atoms with Crippen LogP contribution in [0.1, 0.15) is 107 Å². The maximum Gasteiger partial charge on any atom is 0.0564 e. The van der Waals surface area contributed by atoms with E-state index in [4.69, 9.17) is 9.98 Å². The summed E-state index contributed by atoms with van der Waals surface area (Å²) in [5, 5.41) is 0. The second-order valence-electron chi connectivity index (χ2n) is 11.2. The number of hydrogen-bond donors (Lipinski definition) is 0. The fourth-order valence-corrected chi connectivity index (χ4v) is 6.21. The molecule has 2 heteroatoms. The number of aliphatic imine (C=N–C) groups is 2. The molecule has 0 N–H and O–H groups in total. The van der Waals surface area contributed by atoms with Crippen LogP contribution in [0.2, 0.25) is 0 Å². The van der Waals surface area contributed by atoms with Gasteiger partial charge < -0.3 is 0 Å². The van der Waals surface area contributed by atoms with Gasteiger partial charge in [-0.05, 0) is 81.0 Å². The van der Waals surface area contributed by atoms with E-state index in [9.17, 15) is 0 Å². The van der Waals surface area contributed by atoms with Crippen LogP contribution in [0.25, 0.3) is 0 Å². The van der Waals surface area contributed by atoms with Gasteiger partial charge >= 0.3 is 0 Å². The van der Waals surface area contributed by atoms with E-state index < -0.39 is 0 Å². The monoisotopic (exact) mass is 402 g/mol. The van der Waals surface area contributed by atoms with Gasteiger partial charge in [0, 0.05) is 0 Å². The van der Waals surface area contributed by atoms with Gasteiger partial charge in [-0.2, -0.15) is 0 Å². The SMILES string of the molecule is CCC1CCCC(C(C)C)C1N=C(C)C(C)=NC1C(C(C)C)CCCC1C(C)C. The second-order valence-corrected chi connectivity index (χ2v) is 11.2. The van der Waals surface area contributed by atoms with Gasteiger partial charge in [0.25, 0.3) is 0 Å². The lowest BCUT2D eigenvalue weighted by atomic mass is 9.69. The summed E-state index contributed by atoms with van der Waals surface area (Å²) in [4.78, 5) is 10.8. The Labute approximate surface area is 182 Å². The van der Waals surface area contributed by atoms with Crippen LogP contribution in [-0.4, -0.2) is 23.5 Å². The maximum atomic E-state index is 5.41. The van der Waals surface area contributed by atoms with Crippen molar-refractivity contribution in [3.63, 3.8) is 0 Å². The average molecular weight is 403 g/mol. The van der Waals surface area contributed by atoms with E-state index in [0.29, 0.717) is 23.9 Å². The van der Waals surface area contributed by atoms with Crippen molar-refractivity contribution in [1.29, 1.82) is 0 Å². The number of nitrogens with zero attached hydrogens (tertiary/aromatic N) is 2. The zero-order chi connectivity index (χ0) is 21.7. The van der Waals surface area contributed by atoms with Gasteiger partial charge in [-0.15, -0.1) is 0 Å². The molecular weight excluding hydrogens is 352 g/mol. The molecule has 2 fully saturated rings. The molecule has 2 aliphatic rings. The lowest BCUT2D eigenvalue weighted by Crippen LogP contribution is -2.39. The highest BCUT2D eigenvalue weighted by Crippen LogP contribution is 2.40. The Morgan fingerprint density at radius 1 is 0.655 bits per heavy atom. The largest absolute Gasteiger partial charge is 0.284 e.